The molecule has 0 aromatic heterocycles. The lowest BCUT2D eigenvalue weighted by atomic mass is 9.82. The maximum atomic E-state index is 12.4. The van der Waals surface area contributed by atoms with Gasteiger partial charge in [0, 0.05) is 24.9 Å². The summed E-state index contributed by atoms with van der Waals surface area (Å²) in [6.45, 7) is 4.74. The number of carbonyl (C=O) groups is 1. The van der Waals surface area contributed by atoms with E-state index >= 15 is 0 Å². The number of benzene rings is 1. The van der Waals surface area contributed by atoms with Gasteiger partial charge >= 0.3 is 5.97 Å². The van der Waals surface area contributed by atoms with Gasteiger partial charge in [-0.25, -0.2) is 0 Å². The van der Waals surface area contributed by atoms with Gasteiger partial charge < -0.3 is 10.1 Å². The number of fused-ring (bicyclic) bond motifs is 2. The first-order valence-electron chi connectivity index (χ1n) is 7.13. The molecule has 3 unspecified atom stereocenters. The molecule has 2 aliphatic rings. The van der Waals surface area contributed by atoms with Crippen LogP contribution in [0, 0.1) is 5.92 Å². The standard InChI is InChI=1S/C16H20INO2/c1-15(2,17)14(19)20-16(11-6-4-3-5-7-11)9-13-8-12(16)10-18-13/h3-7,12-13,18H,8-10H2,1-2H3. The molecule has 1 N–H and O–H groups in total. The predicted octanol–water partition coefficient (Wildman–Crippen LogP) is 3.02. The zero-order valence-electron chi connectivity index (χ0n) is 11.9. The third-order valence-electron chi connectivity index (χ3n) is 4.45. The molecule has 108 valence electrons. The van der Waals surface area contributed by atoms with Gasteiger partial charge in [0.25, 0.3) is 0 Å². The summed E-state index contributed by atoms with van der Waals surface area (Å²) in [5.74, 6) is 0.270. The summed E-state index contributed by atoms with van der Waals surface area (Å²) in [4.78, 5) is 12.4. The van der Waals surface area contributed by atoms with Gasteiger partial charge in [-0.15, -0.1) is 0 Å². The van der Waals surface area contributed by atoms with E-state index in [0.717, 1.165) is 24.9 Å². The van der Waals surface area contributed by atoms with E-state index in [2.05, 4.69) is 40.0 Å². The lowest BCUT2D eigenvalue weighted by Crippen LogP contribution is -2.47. The van der Waals surface area contributed by atoms with Crippen molar-refractivity contribution >= 4 is 28.6 Å². The highest BCUT2D eigenvalue weighted by molar-refractivity contribution is 14.1. The summed E-state index contributed by atoms with van der Waals surface area (Å²) in [5.41, 5.74) is 0.708. The summed E-state index contributed by atoms with van der Waals surface area (Å²) < 4.78 is 5.61. The highest BCUT2D eigenvalue weighted by Crippen LogP contribution is 2.50. The lowest BCUT2D eigenvalue weighted by molar-refractivity contribution is -0.168. The molecule has 0 radical (unpaired) electrons. The first-order chi connectivity index (χ1) is 9.42. The average Bonchev–Trinajstić information content (AvgIpc) is 2.99. The van der Waals surface area contributed by atoms with Gasteiger partial charge in [0.15, 0.2) is 0 Å². The van der Waals surface area contributed by atoms with Crippen LogP contribution in [0.2, 0.25) is 0 Å². The van der Waals surface area contributed by atoms with E-state index in [1.807, 2.05) is 32.0 Å². The quantitative estimate of drug-likeness (QED) is 0.494. The molecule has 0 amide bonds. The molecule has 3 rings (SSSR count). The van der Waals surface area contributed by atoms with Gasteiger partial charge in [-0.05, 0) is 25.8 Å². The van der Waals surface area contributed by atoms with Crippen molar-refractivity contribution in [3.8, 4) is 0 Å². The second-order valence-electron chi connectivity index (χ2n) is 6.36. The van der Waals surface area contributed by atoms with Gasteiger partial charge in [-0.3, -0.25) is 4.79 Å². The summed E-state index contributed by atoms with van der Waals surface area (Å²) in [7, 11) is 0. The highest BCUT2D eigenvalue weighted by Gasteiger charge is 2.55. The van der Waals surface area contributed by atoms with Gasteiger partial charge in [0.05, 0.1) is 0 Å². The van der Waals surface area contributed by atoms with Crippen molar-refractivity contribution in [1.82, 2.24) is 5.32 Å². The van der Waals surface area contributed by atoms with Crippen LogP contribution in [0.3, 0.4) is 0 Å². The van der Waals surface area contributed by atoms with E-state index in [-0.39, 0.29) is 5.97 Å². The first-order valence-corrected chi connectivity index (χ1v) is 8.21. The lowest BCUT2D eigenvalue weighted by Gasteiger charge is -2.39. The Morgan fingerprint density at radius 1 is 1.40 bits per heavy atom. The monoisotopic (exact) mass is 385 g/mol. The van der Waals surface area contributed by atoms with E-state index in [1.165, 1.54) is 0 Å². The molecule has 20 heavy (non-hydrogen) atoms. The molecule has 1 saturated carbocycles. The maximum absolute atomic E-state index is 12.4. The maximum Gasteiger partial charge on any atom is 0.322 e. The van der Waals surface area contributed by atoms with E-state index in [9.17, 15) is 4.79 Å². The number of hydrogen-bond acceptors (Lipinski definition) is 3. The second-order valence-corrected chi connectivity index (χ2v) is 9.06. The first kappa shape index (κ1) is 14.3. The van der Waals surface area contributed by atoms with Gasteiger partial charge in [-0.1, -0.05) is 52.9 Å². The largest absolute Gasteiger partial charge is 0.453 e. The summed E-state index contributed by atoms with van der Waals surface area (Å²) in [5, 5.41) is 3.50. The zero-order chi connectivity index (χ0) is 14.4. The number of halogens is 1. The van der Waals surface area contributed by atoms with Crippen LogP contribution in [0.4, 0.5) is 0 Å². The summed E-state index contributed by atoms with van der Waals surface area (Å²) >= 11 is 2.16. The Balaban J connectivity index is 1.96. The molecule has 1 saturated heterocycles. The van der Waals surface area contributed by atoms with Crippen molar-refractivity contribution in [2.24, 2.45) is 5.92 Å². The molecule has 1 aromatic carbocycles. The molecule has 3 nitrogen and oxygen atoms in total. The summed E-state index contributed by atoms with van der Waals surface area (Å²) in [6.07, 6.45) is 1.99. The van der Waals surface area contributed by atoms with Crippen LogP contribution in [0.5, 0.6) is 0 Å². The van der Waals surface area contributed by atoms with Gasteiger partial charge in [0.1, 0.15) is 9.02 Å². The Morgan fingerprint density at radius 2 is 2.10 bits per heavy atom. The number of ether oxygens (including phenoxy) is 1. The molecule has 1 aliphatic carbocycles. The Morgan fingerprint density at radius 3 is 2.60 bits per heavy atom. The molecule has 1 aliphatic heterocycles. The summed E-state index contributed by atoms with van der Waals surface area (Å²) in [6, 6.07) is 10.7. The van der Waals surface area contributed by atoms with E-state index < -0.39 is 9.02 Å². The topological polar surface area (TPSA) is 38.3 Å². The van der Waals surface area contributed by atoms with Crippen molar-refractivity contribution in [2.45, 2.75) is 41.8 Å². The number of rotatable bonds is 3. The van der Waals surface area contributed by atoms with Crippen molar-refractivity contribution in [2.75, 3.05) is 6.54 Å². The van der Waals surface area contributed by atoms with Crippen LogP contribution >= 0.6 is 22.6 Å². The van der Waals surface area contributed by atoms with E-state index in [0.29, 0.717) is 12.0 Å². The zero-order valence-corrected chi connectivity index (χ0v) is 14.0. The van der Waals surface area contributed by atoms with Gasteiger partial charge in [0.2, 0.25) is 0 Å². The number of hydrogen-bond donors (Lipinski definition) is 1. The van der Waals surface area contributed by atoms with Crippen molar-refractivity contribution < 1.29 is 9.53 Å². The molecule has 1 heterocycles. The molecule has 3 atom stereocenters. The third-order valence-corrected chi connectivity index (χ3v) is 4.89. The molecule has 2 fully saturated rings. The van der Waals surface area contributed by atoms with Crippen molar-refractivity contribution in [3.05, 3.63) is 35.9 Å². The van der Waals surface area contributed by atoms with E-state index in [4.69, 9.17) is 4.74 Å². The van der Waals surface area contributed by atoms with Crippen LogP contribution in [-0.2, 0) is 15.1 Å². The number of nitrogens with one attached hydrogen (secondary N) is 1. The third kappa shape index (κ3) is 2.37. The van der Waals surface area contributed by atoms with Gasteiger partial charge in [-0.2, -0.15) is 0 Å². The molecule has 2 bridgehead atoms. The number of alkyl halides is 1. The second kappa shape index (κ2) is 4.98. The Labute approximate surface area is 133 Å². The van der Waals surface area contributed by atoms with Crippen LogP contribution < -0.4 is 5.32 Å². The smallest absolute Gasteiger partial charge is 0.322 e. The average molecular weight is 385 g/mol. The minimum absolute atomic E-state index is 0.116. The number of piperidine rings is 1. The minimum Gasteiger partial charge on any atom is -0.453 e. The fourth-order valence-electron chi connectivity index (χ4n) is 3.41. The van der Waals surface area contributed by atoms with Crippen LogP contribution in [0.1, 0.15) is 32.3 Å². The SMILES string of the molecule is CC(C)(I)C(=O)OC1(c2ccccc2)CC2CC1CN2. The van der Waals surface area contributed by atoms with Crippen LogP contribution in [0.25, 0.3) is 0 Å². The van der Waals surface area contributed by atoms with Crippen LogP contribution in [0.15, 0.2) is 30.3 Å². The predicted molar refractivity (Wildman–Crippen MR) is 86.8 cm³/mol. The normalized spacial score (nSPS) is 32.4. The molecule has 4 heteroatoms. The number of esters is 1. The van der Waals surface area contributed by atoms with Crippen molar-refractivity contribution in [3.63, 3.8) is 0 Å². The fraction of sp³-hybridized carbons (Fsp3) is 0.562. The van der Waals surface area contributed by atoms with Crippen molar-refractivity contribution in [1.29, 1.82) is 0 Å². The molecule has 0 spiro atoms. The fourth-order valence-corrected chi connectivity index (χ4v) is 3.52. The Bertz CT molecular complexity index is 511. The molecular weight excluding hydrogens is 365 g/mol. The Hall–Kier alpha value is -0.620. The number of carbonyl (C=O) groups excluding carboxylic acids is 1. The Kier molecular flexibility index (Phi) is 3.57. The van der Waals surface area contributed by atoms with E-state index in [1.54, 1.807) is 0 Å². The highest BCUT2D eigenvalue weighted by atomic mass is 127. The molecular formula is C16H20INO2. The van der Waals surface area contributed by atoms with Crippen LogP contribution in [-0.4, -0.2) is 22.0 Å². The molecule has 1 aromatic rings. The minimum atomic E-state index is -0.491.